The molecule has 2 aromatic rings. The van der Waals surface area contributed by atoms with Crippen molar-refractivity contribution in [3.05, 3.63) is 136 Å². The van der Waals surface area contributed by atoms with E-state index in [-0.39, 0.29) is 22.3 Å². The fourth-order valence-electron chi connectivity index (χ4n) is 10.1. The summed E-state index contributed by atoms with van der Waals surface area (Å²) in [6.07, 6.45) is 30.1. The number of rotatable bonds is 2. The monoisotopic (exact) mass is 578 g/mol. The number of fused-ring (bicyclic) bond motifs is 9. The van der Waals surface area contributed by atoms with Gasteiger partial charge in [0.25, 0.3) is 0 Å². The van der Waals surface area contributed by atoms with Gasteiger partial charge in [-0.05, 0) is 106 Å². The van der Waals surface area contributed by atoms with Crippen LogP contribution < -0.4 is 5.32 Å². The van der Waals surface area contributed by atoms with Crippen LogP contribution in [0.1, 0.15) is 105 Å². The molecule has 0 saturated carbocycles. The predicted molar refractivity (Wildman–Crippen MR) is 186 cm³/mol. The van der Waals surface area contributed by atoms with Gasteiger partial charge in [0.2, 0.25) is 0 Å². The average molecular weight is 579 g/mol. The second-order valence-electron chi connectivity index (χ2n) is 15.2. The second kappa shape index (κ2) is 9.93. The number of benzene rings is 2. The molecule has 2 heterocycles. The fraction of sp³-hybridized carbons (Fsp3) is 0.405. The lowest BCUT2D eigenvalue weighted by Gasteiger charge is -2.50. The van der Waals surface area contributed by atoms with Crippen LogP contribution in [-0.2, 0) is 17.3 Å². The zero-order chi connectivity index (χ0) is 30.3. The Hall–Kier alpha value is -3.65. The third-order valence-electron chi connectivity index (χ3n) is 12.5. The Morgan fingerprint density at radius 2 is 1.73 bits per heavy atom. The summed E-state index contributed by atoms with van der Waals surface area (Å²) in [5.41, 5.74) is 13.1. The molecule has 0 radical (unpaired) electrons. The molecular weight excluding hydrogens is 532 g/mol. The van der Waals surface area contributed by atoms with Gasteiger partial charge in [0.05, 0.1) is 11.8 Å². The Morgan fingerprint density at radius 3 is 2.52 bits per heavy atom. The molecule has 0 aromatic heterocycles. The van der Waals surface area contributed by atoms with E-state index in [4.69, 9.17) is 4.99 Å². The SMILES string of the molecule is CC1(C)C2C=C(C3C=CC=CN3)CC=CC2c2ccccc2[C@@]2(C)C1c1c(cc(C3=NCCC=C3)c3c1CCC=C3)C2(C)C. The summed E-state index contributed by atoms with van der Waals surface area (Å²) < 4.78 is 0. The number of aliphatic imine (C=N–C) groups is 1. The Morgan fingerprint density at radius 1 is 0.886 bits per heavy atom. The summed E-state index contributed by atoms with van der Waals surface area (Å²) >= 11 is 0. The minimum Gasteiger partial charge on any atom is -0.381 e. The minimum atomic E-state index is -0.0764. The Balaban J connectivity index is 1.42. The molecular formula is C42H46N2. The molecule has 0 amide bonds. The van der Waals surface area contributed by atoms with Crippen molar-refractivity contribution in [2.45, 2.75) is 89.0 Å². The highest BCUT2D eigenvalue weighted by Crippen LogP contribution is 2.71. The van der Waals surface area contributed by atoms with Gasteiger partial charge in [-0.1, -0.05) is 107 Å². The van der Waals surface area contributed by atoms with Crippen LogP contribution in [0.4, 0.5) is 0 Å². The third-order valence-corrected chi connectivity index (χ3v) is 12.5. The normalized spacial score (nSPS) is 31.8. The van der Waals surface area contributed by atoms with Crippen LogP contribution in [0.3, 0.4) is 0 Å². The van der Waals surface area contributed by atoms with Gasteiger partial charge >= 0.3 is 0 Å². The smallest absolute Gasteiger partial charge is 0.0658 e. The maximum Gasteiger partial charge on any atom is 0.0658 e. The maximum absolute atomic E-state index is 5.05. The van der Waals surface area contributed by atoms with Crippen LogP contribution in [0.5, 0.6) is 0 Å². The first-order valence-electron chi connectivity index (χ1n) is 16.9. The molecule has 44 heavy (non-hydrogen) atoms. The highest BCUT2D eigenvalue weighted by atomic mass is 14.9. The lowest BCUT2D eigenvalue weighted by atomic mass is 9.53. The van der Waals surface area contributed by atoms with Crippen LogP contribution in [0, 0.1) is 11.3 Å². The summed E-state index contributed by atoms with van der Waals surface area (Å²) in [5.74, 6) is 1.08. The van der Waals surface area contributed by atoms with E-state index >= 15 is 0 Å². The Labute approximate surface area is 264 Å². The van der Waals surface area contributed by atoms with Crippen molar-refractivity contribution in [3.8, 4) is 0 Å². The van der Waals surface area contributed by atoms with Gasteiger partial charge < -0.3 is 5.32 Å². The molecule has 5 atom stereocenters. The lowest BCUT2D eigenvalue weighted by Crippen LogP contribution is -2.46. The number of dihydropyridines is 2. The zero-order valence-electron chi connectivity index (χ0n) is 27.0. The van der Waals surface area contributed by atoms with Crippen molar-refractivity contribution < 1.29 is 0 Å². The molecule has 4 unspecified atom stereocenters. The van der Waals surface area contributed by atoms with E-state index < -0.39 is 0 Å². The van der Waals surface area contributed by atoms with Crippen molar-refractivity contribution in [1.82, 2.24) is 5.32 Å². The summed E-state index contributed by atoms with van der Waals surface area (Å²) in [6, 6.07) is 12.3. The quantitative estimate of drug-likeness (QED) is 0.353. The molecule has 4 aliphatic carbocycles. The molecule has 0 spiro atoms. The van der Waals surface area contributed by atoms with Gasteiger partial charge in [0.1, 0.15) is 0 Å². The summed E-state index contributed by atoms with van der Waals surface area (Å²) in [4.78, 5) is 5.05. The van der Waals surface area contributed by atoms with Gasteiger partial charge in [-0.3, -0.25) is 4.99 Å². The topological polar surface area (TPSA) is 24.4 Å². The molecule has 0 bridgehead atoms. The highest BCUT2D eigenvalue weighted by molar-refractivity contribution is 6.12. The zero-order valence-corrected chi connectivity index (χ0v) is 27.0. The van der Waals surface area contributed by atoms with Gasteiger partial charge in [-0.25, -0.2) is 0 Å². The number of nitrogens with zero attached hydrogens (tertiary/aromatic N) is 1. The molecule has 8 rings (SSSR count). The Kier molecular flexibility index (Phi) is 6.29. The van der Waals surface area contributed by atoms with E-state index in [2.05, 4.69) is 137 Å². The molecule has 6 aliphatic rings. The minimum absolute atomic E-state index is 0.00614. The van der Waals surface area contributed by atoms with Crippen LogP contribution in [-0.4, -0.2) is 18.3 Å². The third kappa shape index (κ3) is 3.76. The molecule has 2 aliphatic heterocycles. The number of allylic oxidation sites excluding steroid dienone is 7. The van der Waals surface area contributed by atoms with E-state index in [1.165, 1.54) is 22.3 Å². The average Bonchev–Trinajstić information content (AvgIpc) is 3.19. The molecule has 2 nitrogen and oxygen atoms in total. The first-order chi connectivity index (χ1) is 21.2. The van der Waals surface area contributed by atoms with Crippen LogP contribution >= 0.6 is 0 Å². The molecule has 0 saturated heterocycles. The summed E-state index contributed by atoms with van der Waals surface area (Å²) in [7, 11) is 0. The standard InChI is InChI=1S/C42H46N2/c1-40(2)34-25-27(36-21-10-12-23-43-36)15-14-19-30(34)29-17-8-9-20-33(29)42(5)39(40)38-31-18-7-6-16-28(31)32(26-35(38)41(42,3)4)37-22-11-13-24-44-37/h6,8-12,14,16-17,19-23,25-26,30,34,36,39,43H,7,13,15,18,24H2,1-5H3/t30?,34?,36?,39?,42-/m0/s1. The van der Waals surface area contributed by atoms with Crippen molar-refractivity contribution in [2.75, 3.05) is 6.54 Å². The lowest BCUT2D eigenvalue weighted by molar-refractivity contribution is 0.116. The first-order valence-corrected chi connectivity index (χ1v) is 16.9. The van der Waals surface area contributed by atoms with Crippen LogP contribution in [0.25, 0.3) is 6.08 Å². The van der Waals surface area contributed by atoms with E-state index in [1.54, 1.807) is 22.3 Å². The molecule has 224 valence electrons. The van der Waals surface area contributed by atoms with Crippen LogP contribution in [0.15, 0.2) is 102 Å². The van der Waals surface area contributed by atoms with Crippen LogP contribution in [0.2, 0.25) is 0 Å². The van der Waals surface area contributed by atoms with E-state index in [0.29, 0.717) is 17.8 Å². The van der Waals surface area contributed by atoms with Crippen molar-refractivity contribution in [2.24, 2.45) is 16.3 Å². The number of hydrogen-bond donors (Lipinski definition) is 1. The van der Waals surface area contributed by atoms with Gasteiger partial charge in [-0.2, -0.15) is 0 Å². The summed E-state index contributed by atoms with van der Waals surface area (Å²) in [6.45, 7) is 13.8. The maximum atomic E-state index is 5.05. The Bertz CT molecular complexity index is 1750. The predicted octanol–water partition coefficient (Wildman–Crippen LogP) is 9.40. The molecule has 1 N–H and O–H groups in total. The molecule has 0 fully saturated rings. The number of nitrogens with one attached hydrogen (secondary N) is 1. The van der Waals surface area contributed by atoms with E-state index in [9.17, 15) is 0 Å². The van der Waals surface area contributed by atoms with Crippen molar-refractivity contribution in [1.29, 1.82) is 0 Å². The van der Waals surface area contributed by atoms with Gasteiger partial charge in [0.15, 0.2) is 0 Å². The second-order valence-corrected chi connectivity index (χ2v) is 15.2. The van der Waals surface area contributed by atoms with Crippen molar-refractivity contribution in [3.63, 3.8) is 0 Å². The largest absolute Gasteiger partial charge is 0.381 e. The van der Waals surface area contributed by atoms with Crippen molar-refractivity contribution >= 4 is 11.8 Å². The fourth-order valence-corrected chi connectivity index (χ4v) is 10.1. The van der Waals surface area contributed by atoms with Gasteiger partial charge in [-0.15, -0.1) is 0 Å². The highest BCUT2D eigenvalue weighted by Gasteiger charge is 2.64. The molecule has 2 heteroatoms. The number of hydrogen-bond acceptors (Lipinski definition) is 2. The van der Waals surface area contributed by atoms with E-state index in [0.717, 1.165) is 37.9 Å². The summed E-state index contributed by atoms with van der Waals surface area (Å²) in [5, 5.41) is 3.64. The van der Waals surface area contributed by atoms with Gasteiger partial charge in [0, 0.05) is 29.4 Å². The van der Waals surface area contributed by atoms with E-state index in [1.807, 2.05) is 0 Å². The molecule has 2 aromatic carbocycles. The first kappa shape index (κ1) is 27.9.